The summed E-state index contributed by atoms with van der Waals surface area (Å²) < 4.78 is 4.91. The summed E-state index contributed by atoms with van der Waals surface area (Å²) in [7, 11) is -2.21. The van der Waals surface area contributed by atoms with Crippen molar-refractivity contribution in [2.75, 3.05) is 0 Å². The highest BCUT2D eigenvalue weighted by Gasteiger charge is 2.27. The van der Waals surface area contributed by atoms with Crippen molar-refractivity contribution in [2.24, 2.45) is 4.74 Å². The van der Waals surface area contributed by atoms with Gasteiger partial charge in [-0.1, -0.05) is 91.0 Å². The Morgan fingerprint density at radius 2 is 0.957 bits per heavy atom. The molecule has 0 saturated carbocycles. The molecular formula is C20H19N2P. The van der Waals surface area contributed by atoms with Gasteiger partial charge in [0.1, 0.15) is 5.84 Å². The van der Waals surface area contributed by atoms with Gasteiger partial charge in [0.2, 0.25) is 0 Å². The average molecular weight is 318 g/mol. The highest BCUT2D eigenvalue weighted by Crippen LogP contribution is 2.46. The van der Waals surface area contributed by atoms with Gasteiger partial charge in [-0.3, -0.25) is 5.41 Å². The molecule has 3 aromatic carbocycles. The summed E-state index contributed by atoms with van der Waals surface area (Å²) >= 11 is 0. The van der Waals surface area contributed by atoms with E-state index in [1.165, 1.54) is 15.9 Å². The molecule has 0 heterocycles. The molecule has 2 nitrogen and oxygen atoms in total. The molecular weight excluding hydrogens is 299 g/mol. The molecule has 0 atom stereocenters. The van der Waals surface area contributed by atoms with Crippen molar-refractivity contribution in [3.05, 3.63) is 91.0 Å². The highest BCUT2D eigenvalue weighted by atomic mass is 31.2. The third-order valence-electron chi connectivity index (χ3n) is 3.69. The molecule has 0 unspecified atom stereocenters. The molecule has 0 aliphatic carbocycles. The molecule has 0 aliphatic heterocycles. The van der Waals surface area contributed by atoms with E-state index in [2.05, 4.69) is 36.4 Å². The number of nitrogens with one attached hydrogen (secondary N) is 1. The number of nitrogens with zero attached hydrogens (tertiary/aromatic N) is 1. The van der Waals surface area contributed by atoms with Crippen LogP contribution in [0.2, 0.25) is 0 Å². The number of rotatable bonds is 3. The molecule has 0 aliphatic rings. The smallest absolute Gasteiger partial charge is 0.116 e. The molecule has 0 spiro atoms. The second-order valence-corrected chi connectivity index (χ2v) is 8.35. The SMILES string of the molecule is CC(=N)N=P(c1ccccc1)(c1ccccc1)c1ccccc1. The lowest BCUT2D eigenvalue weighted by Crippen LogP contribution is -2.25. The van der Waals surface area contributed by atoms with Crippen LogP contribution in [-0.4, -0.2) is 5.84 Å². The highest BCUT2D eigenvalue weighted by molar-refractivity contribution is 7.87. The van der Waals surface area contributed by atoms with Crippen molar-refractivity contribution in [1.82, 2.24) is 0 Å². The third-order valence-corrected chi connectivity index (χ3v) is 7.43. The van der Waals surface area contributed by atoms with Gasteiger partial charge in [-0.2, -0.15) is 0 Å². The van der Waals surface area contributed by atoms with Crippen LogP contribution < -0.4 is 15.9 Å². The number of amidine groups is 1. The minimum absolute atomic E-state index is 0.356. The van der Waals surface area contributed by atoms with E-state index < -0.39 is 7.05 Å². The van der Waals surface area contributed by atoms with Crippen LogP contribution in [0.15, 0.2) is 95.7 Å². The third kappa shape index (κ3) is 3.04. The van der Waals surface area contributed by atoms with Crippen LogP contribution in [0.1, 0.15) is 6.92 Å². The van der Waals surface area contributed by atoms with E-state index >= 15 is 0 Å². The van der Waals surface area contributed by atoms with Crippen molar-refractivity contribution >= 4 is 28.8 Å². The van der Waals surface area contributed by atoms with Crippen LogP contribution in [0.5, 0.6) is 0 Å². The van der Waals surface area contributed by atoms with Crippen LogP contribution in [-0.2, 0) is 0 Å². The minimum atomic E-state index is -2.21. The lowest BCUT2D eigenvalue weighted by Gasteiger charge is -2.26. The maximum atomic E-state index is 8.06. The number of benzene rings is 3. The van der Waals surface area contributed by atoms with E-state index in [4.69, 9.17) is 10.2 Å². The summed E-state index contributed by atoms with van der Waals surface area (Å²) in [6.45, 7) is 1.75. The zero-order valence-corrected chi connectivity index (χ0v) is 13.9. The minimum Gasteiger partial charge on any atom is -0.287 e. The predicted octanol–water partition coefficient (Wildman–Crippen LogP) is 4.16. The molecule has 0 radical (unpaired) electrons. The summed E-state index contributed by atoms with van der Waals surface area (Å²) in [5.74, 6) is 0.356. The zero-order chi connectivity index (χ0) is 16.1. The van der Waals surface area contributed by atoms with Crippen LogP contribution in [0.4, 0.5) is 0 Å². The van der Waals surface area contributed by atoms with Gasteiger partial charge >= 0.3 is 0 Å². The molecule has 0 fully saturated rings. The van der Waals surface area contributed by atoms with E-state index in [1.54, 1.807) is 6.92 Å². The van der Waals surface area contributed by atoms with Gasteiger partial charge in [-0.05, 0) is 6.92 Å². The fraction of sp³-hybridized carbons (Fsp3) is 0.0500. The second kappa shape index (κ2) is 6.76. The molecule has 3 heteroatoms. The van der Waals surface area contributed by atoms with Crippen molar-refractivity contribution in [3.63, 3.8) is 0 Å². The Hall–Kier alpha value is -2.44. The van der Waals surface area contributed by atoms with Crippen LogP contribution >= 0.6 is 7.05 Å². The topological polar surface area (TPSA) is 36.2 Å². The van der Waals surface area contributed by atoms with Gasteiger partial charge < -0.3 is 0 Å². The lowest BCUT2D eigenvalue weighted by molar-refractivity contribution is 1.43. The monoisotopic (exact) mass is 318 g/mol. The van der Waals surface area contributed by atoms with Gasteiger partial charge in [0, 0.05) is 15.9 Å². The molecule has 114 valence electrons. The zero-order valence-electron chi connectivity index (χ0n) is 13.1. The first kappa shape index (κ1) is 15.5. The van der Waals surface area contributed by atoms with Gasteiger partial charge in [0.15, 0.2) is 0 Å². The maximum Gasteiger partial charge on any atom is 0.116 e. The Balaban J connectivity index is 2.43. The van der Waals surface area contributed by atoms with E-state index in [0.29, 0.717) is 5.84 Å². The van der Waals surface area contributed by atoms with Gasteiger partial charge in [0.05, 0.1) is 7.05 Å². The summed E-state index contributed by atoms with van der Waals surface area (Å²) in [5, 5.41) is 11.6. The molecule has 1 N–H and O–H groups in total. The molecule has 0 aromatic heterocycles. The molecule has 23 heavy (non-hydrogen) atoms. The first-order valence-electron chi connectivity index (χ1n) is 7.58. The number of hydrogen-bond donors (Lipinski definition) is 1. The van der Waals surface area contributed by atoms with Gasteiger partial charge in [0.25, 0.3) is 0 Å². The van der Waals surface area contributed by atoms with Crippen LogP contribution in [0.3, 0.4) is 0 Å². The lowest BCUT2D eigenvalue weighted by atomic mass is 10.4. The first-order chi connectivity index (χ1) is 11.2. The van der Waals surface area contributed by atoms with Crippen molar-refractivity contribution in [1.29, 1.82) is 5.41 Å². The van der Waals surface area contributed by atoms with Gasteiger partial charge in [-0.25, -0.2) is 4.74 Å². The summed E-state index contributed by atoms with van der Waals surface area (Å²) in [6, 6.07) is 31.1. The average Bonchev–Trinajstić information content (AvgIpc) is 2.62. The maximum absolute atomic E-state index is 8.06. The largest absolute Gasteiger partial charge is 0.287 e. The molecule has 3 rings (SSSR count). The van der Waals surface area contributed by atoms with Crippen molar-refractivity contribution in [3.8, 4) is 0 Å². The van der Waals surface area contributed by atoms with Crippen molar-refractivity contribution in [2.45, 2.75) is 6.92 Å². The first-order valence-corrected chi connectivity index (χ1v) is 9.32. The molecule has 3 aromatic rings. The number of hydrogen-bond acceptors (Lipinski definition) is 1. The van der Waals surface area contributed by atoms with Crippen LogP contribution in [0, 0.1) is 5.41 Å². The van der Waals surface area contributed by atoms with E-state index in [1.807, 2.05) is 54.6 Å². The molecule has 0 amide bonds. The Morgan fingerprint density at radius 1 is 0.652 bits per heavy atom. The van der Waals surface area contributed by atoms with E-state index in [9.17, 15) is 0 Å². The summed E-state index contributed by atoms with van der Waals surface area (Å²) in [6.07, 6.45) is 0. The Labute approximate surface area is 137 Å². The Bertz CT molecular complexity index is 737. The Kier molecular flexibility index (Phi) is 4.55. The standard InChI is InChI=1S/C20H19N2P/c1-17(21)22-23(18-11-5-2-6-12-18,19-13-7-3-8-14-19)20-15-9-4-10-16-20/h2-16,21H,1H3. The fourth-order valence-electron chi connectivity index (χ4n) is 2.78. The normalized spacial score (nSPS) is 11.0. The van der Waals surface area contributed by atoms with E-state index in [-0.39, 0.29) is 0 Å². The van der Waals surface area contributed by atoms with Gasteiger partial charge in [-0.15, -0.1) is 0 Å². The quantitative estimate of drug-likeness (QED) is 0.428. The molecule has 0 bridgehead atoms. The summed E-state index contributed by atoms with van der Waals surface area (Å²) in [5.41, 5.74) is 0. The second-order valence-electron chi connectivity index (χ2n) is 5.33. The van der Waals surface area contributed by atoms with Crippen molar-refractivity contribution < 1.29 is 0 Å². The van der Waals surface area contributed by atoms with E-state index in [0.717, 1.165) is 0 Å². The molecule has 0 saturated heterocycles. The summed E-state index contributed by atoms with van der Waals surface area (Å²) in [4.78, 5) is 0. The fourth-order valence-corrected chi connectivity index (χ4v) is 6.28. The predicted molar refractivity (Wildman–Crippen MR) is 101 cm³/mol. The Morgan fingerprint density at radius 3 is 1.22 bits per heavy atom. The van der Waals surface area contributed by atoms with Crippen LogP contribution in [0.25, 0.3) is 0 Å².